The molecule has 0 aromatic carbocycles. The molecule has 1 heterocycles. The Morgan fingerprint density at radius 2 is 2.33 bits per heavy atom. The zero-order chi connectivity index (χ0) is 8.81. The lowest BCUT2D eigenvalue weighted by molar-refractivity contribution is 0.114. The van der Waals surface area contributed by atoms with Crippen LogP contribution in [0.5, 0.6) is 0 Å². The van der Waals surface area contributed by atoms with E-state index in [-0.39, 0.29) is 0 Å². The number of piperazine rings is 1. The van der Waals surface area contributed by atoms with Crippen molar-refractivity contribution in [1.29, 1.82) is 0 Å². The SMILES string of the molecule is CC(C)=NOCC1CNCCN1. The minimum Gasteiger partial charge on any atom is -0.394 e. The number of hydrogen-bond donors (Lipinski definition) is 2. The van der Waals surface area contributed by atoms with Crippen molar-refractivity contribution in [2.24, 2.45) is 5.16 Å². The second kappa shape index (κ2) is 5.11. The lowest BCUT2D eigenvalue weighted by Gasteiger charge is -2.23. The summed E-state index contributed by atoms with van der Waals surface area (Å²) >= 11 is 0. The number of hydrogen-bond acceptors (Lipinski definition) is 4. The molecule has 1 fully saturated rings. The number of nitrogens with one attached hydrogen (secondary N) is 2. The zero-order valence-electron chi connectivity index (χ0n) is 7.76. The predicted molar refractivity (Wildman–Crippen MR) is 49.4 cm³/mol. The molecule has 1 atom stereocenters. The van der Waals surface area contributed by atoms with E-state index in [9.17, 15) is 0 Å². The molecule has 1 saturated heterocycles. The summed E-state index contributed by atoms with van der Waals surface area (Å²) in [4.78, 5) is 5.12. The smallest absolute Gasteiger partial charge is 0.133 e. The van der Waals surface area contributed by atoms with Crippen molar-refractivity contribution in [3.63, 3.8) is 0 Å². The fourth-order valence-electron chi connectivity index (χ4n) is 1.09. The molecule has 4 nitrogen and oxygen atoms in total. The molecule has 1 rings (SSSR count). The predicted octanol–water partition coefficient (Wildman–Crippen LogP) is -0.0398. The minimum atomic E-state index is 0.404. The van der Waals surface area contributed by atoms with Crippen LogP contribution in [0.4, 0.5) is 0 Å². The third-order valence-corrected chi connectivity index (χ3v) is 1.65. The van der Waals surface area contributed by atoms with Crippen LogP contribution in [0.2, 0.25) is 0 Å². The van der Waals surface area contributed by atoms with E-state index < -0.39 is 0 Å². The zero-order valence-corrected chi connectivity index (χ0v) is 7.76. The van der Waals surface area contributed by atoms with Gasteiger partial charge >= 0.3 is 0 Å². The molecule has 12 heavy (non-hydrogen) atoms. The molecule has 0 aromatic heterocycles. The molecule has 1 aliphatic rings. The molecule has 0 spiro atoms. The summed E-state index contributed by atoms with van der Waals surface area (Å²) in [6, 6.07) is 0.404. The Balaban J connectivity index is 2.09. The summed E-state index contributed by atoms with van der Waals surface area (Å²) in [5.41, 5.74) is 0.957. The summed E-state index contributed by atoms with van der Waals surface area (Å²) in [5, 5.41) is 10.5. The standard InChI is InChI=1S/C8H17N3O/c1-7(2)11-12-6-8-5-9-3-4-10-8/h8-10H,3-6H2,1-2H3. The van der Waals surface area contributed by atoms with Crippen molar-refractivity contribution in [3.05, 3.63) is 0 Å². The fourth-order valence-corrected chi connectivity index (χ4v) is 1.09. The lowest BCUT2D eigenvalue weighted by atomic mass is 10.2. The first-order valence-corrected chi connectivity index (χ1v) is 4.36. The topological polar surface area (TPSA) is 45.6 Å². The molecule has 2 N–H and O–H groups in total. The number of rotatable bonds is 3. The third kappa shape index (κ3) is 3.69. The van der Waals surface area contributed by atoms with Gasteiger partial charge in [-0.3, -0.25) is 0 Å². The molecular formula is C8H17N3O. The summed E-state index contributed by atoms with van der Waals surface area (Å²) in [5.74, 6) is 0. The number of nitrogens with zero attached hydrogens (tertiary/aromatic N) is 1. The Morgan fingerprint density at radius 3 is 2.92 bits per heavy atom. The molecule has 0 bridgehead atoms. The monoisotopic (exact) mass is 171 g/mol. The van der Waals surface area contributed by atoms with Crippen LogP contribution in [0.1, 0.15) is 13.8 Å². The van der Waals surface area contributed by atoms with E-state index in [2.05, 4.69) is 15.8 Å². The van der Waals surface area contributed by atoms with Gasteiger partial charge in [-0.2, -0.15) is 0 Å². The van der Waals surface area contributed by atoms with E-state index in [1.165, 1.54) is 0 Å². The molecular weight excluding hydrogens is 154 g/mol. The van der Waals surface area contributed by atoms with Gasteiger partial charge in [0.2, 0.25) is 0 Å². The Labute approximate surface area is 73.4 Å². The molecule has 1 unspecified atom stereocenters. The van der Waals surface area contributed by atoms with E-state index >= 15 is 0 Å². The third-order valence-electron chi connectivity index (χ3n) is 1.65. The summed E-state index contributed by atoms with van der Waals surface area (Å²) < 4.78 is 0. The van der Waals surface area contributed by atoms with Gasteiger partial charge in [0, 0.05) is 19.6 Å². The number of oxime groups is 1. The van der Waals surface area contributed by atoms with Crippen molar-refractivity contribution in [2.75, 3.05) is 26.2 Å². The fraction of sp³-hybridized carbons (Fsp3) is 0.875. The van der Waals surface area contributed by atoms with Crippen LogP contribution in [0.25, 0.3) is 0 Å². The highest BCUT2D eigenvalue weighted by Gasteiger charge is 2.11. The summed E-state index contributed by atoms with van der Waals surface area (Å²) in [7, 11) is 0. The van der Waals surface area contributed by atoms with E-state index in [0.717, 1.165) is 25.3 Å². The van der Waals surface area contributed by atoms with Crippen LogP contribution in [0.3, 0.4) is 0 Å². The maximum atomic E-state index is 5.12. The van der Waals surface area contributed by atoms with Gasteiger partial charge in [-0.25, -0.2) is 0 Å². The molecule has 0 amide bonds. The quantitative estimate of drug-likeness (QED) is 0.462. The van der Waals surface area contributed by atoms with E-state index in [0.29, 0.717) is 12.6 Å². The average Bonchev–Trinajstić information content (AvgIpc) is 2.05. The first-order chi connectivity index (χ1) is 5.79. The van der Waals surface area contributed by atoms with E-state index in [1.54, 1.807) is 0 Å². The molecule has 0 aromatic rings. The first kappa shape index (κ1) is 9.48. The van der Waals surface area contributed by atoms with Crippen molar-refractivity contribution >= 4 is 5.71 Å². The van der Waals surface area contributed by atoms with Crippen molar-refractivity contribution in [1.82, 2.24) is 10.6 Å². The van der Waals surface area contributed by atoms with Crippen molar-refractivity contribution in [3.8, 4) is 0 Å². The maximum absolute atomic E-state index is 5.12. The second-order valence-electron chi connectivity index (χ2n) is 3.19. The van der Waals surface area contributed by atoms with Gasteiger partial charge in [-0.1, -0.05) is 5.16 Å². The van der Waals surface area contributed by atoms with Gasteiger partial charge in [0.1, 0.15) is 6.61 Å². The van der Waals surface area contributed by atoms with Gasteiger partial charge in [-0.15, -0.1) is 0 Å². The van der Waals surface area contributed by atoms with Crippen LogP contribution in [0, 0.1) is 0 Å². The minimum absolute atomic E-state index is 0.404. The van der Waals surface area contributed by atoms with Crippen LogP contribution >= 0.6 is 0 Å². The van der Waals surface area contributed by atoms with Crippen LogP contribution in [-0.4, -0.2) is 38.0 Å². The average molecular weight is 171 g/mol. The molecule has 70 valence electrons. The molecule has 4 heteroatoms. The molecule has 0 aliphatic carbocycles. The highest BCUT2D eigenvalue weighted by atomic mass is 16.6. The van der Waals surface area contributed by atoms with Gasteiger partial charge < -0.3 is 15.5 Å². The van der Waals surface area contributed by atoms with E-state index in [4.69, 9.17) is 4.84 Å². The Bertz CT molecular complexity index is 148. The maximum Gasteiger partial charge on any atom is 0.133 e. The summed E-state index contributed by atoms with van der Waals surface area (Å²) in [6.45, 7) is 7.53. The van der Waals surface area contributed by atoms with Gasteiger partial charge in [0.05, 0.1) is 11.8 Å². The second-order valence-corrected chi connectivity index (χ2v) is 3.19. The van der Waals surface area contributed by atoms with Crippen LogP contribution in [-0.2, 0) is 4.84 Å². The molecule has 1 aliphatic heterocycles. The van der Waals surface area contributed by atoms with Gasteiger partial charge in [-0.05, 0) is 13.8 Å². The Hall–Kier alpha value is -0.610. The Kier molecular flexibility index (Phi) is 4.04. The summed E-state index contributed by atoms with van der Waals surface area (Å²) in [6.07, 6.45) is 0. The Morgan fingerprint density at radius 1 is 1.50 bits per heavy atom. The van der Waals surface area contributed by atoms with Gasteiger partial charge in [0.15, 0.2) is 0 Å². The molecule has 0 saturated carbocycles. The van der Waals surface area contributed by atoms with Crippen LogP contribution < -0.4 is 10.6 Å². The van der Waals surface area contributed by atoms with Crippen molar-refractivity contribution in [2.45, 2.75) is 19.9 Å². The van der Waals surface area contributed by atoms with Crippen molar-refractivity contribution < 1.29 is 4.84 Å². The van der Waals surface area contributed by atoms with Crippen LogP contribution in [0.15, 0.2) is 5.16 Å². The normalized spacial score (nSPS) is 23.3. The highest BCUT2D eigenvalue weighted by molar-refractivity contribution is 5.78. The first-order valence-electron chi connectivity index (χ1n) is 4.36. The van der Waals surface area contributed by atoms with E-state index in [1.807, 2.05) is 13.8 Å². The largest absolute Gasteiger partial charge is 0.394 e. The highest BCUT2D eigenvalue weighted by Crippen LogP contribution is 1.89. The lowest BCUT2D eigenvalue weighted by Crippen LogP contribution is -2.50. The van der Waals surface area contributed by atoms with Gasteiger partial charge in [0.25, 0.3) is 0 Å². The molecule has 0 radical (unpaired) electrons.